The molecule has 0 amide bonds. The largest absolute Gasteiger partial charge is 0.496 e. The molecule has 1 fully saturated rings. The molecule has 3 rings (SSSR count). The molecule has 1 aliphatic rings. The fraction of sp³-hybridized carbons (Fsp3) is 0.421. The van der Waals surface area contributed by atoms with Gasteiger partial charge in [-0.1, -0.05) is 41.6 Å². The van der Waals surface area contributed by atoms with Crippen LogP contribution in [0.1, 0.15) is 47.1 Å². The third-order valence-electron chi connectivity index (χ3n) is 4.73. The van der Waals surface area contributed by atoms with E-state index in [4.69, 9.17) is 28.6 Å². The van der Waals surface area contributed by atoms with Gasteiger partial charge in [-0.15, -0.1) is 0 Å². The zero-order chi connectivity index (χ0) is 18.8. The Morgan fingerprint density at radius 2 is 2.19 bits per heavy atom. The first-order chi connectivity index (χ1) is 12.4. The van der Waals surface area contributed by atoms with E-state index < -0.39 is 0 Å². The summed E-state index contributed by atoms with van der Waals surface area (Å²) in [6.45, 7) is 4.45. The summed E-state index contributed by atoms with van der Waals surface area (Å²) in [5, 5.41) is 0.576. The highest BCUT2D eigenvalue weighted by Crippen LogP contribution is 2.29. The number of benzene rings is 1. The van der Waals surface area contributed by atoms with Gasteiger partial charge in [0.25, 0.3) is 0 Å². The molecular formula is C19H21ClN2O2S2. The van der Waals surface area contributed by atoms with E-state index in [2.05, 4.69) is 9.56 Å². The van der Waals surface area contributed by atoms with Crippen LogP contribution in [0.5, 0.6) is 5.75 Å². The van der Waals surface area contributed by atoms with Crippen molar-refractivity contribution in [1.29, 1.82) is 0 Å². The fourth-order valence-corrected chi connectivity index (χ4v) is 4.56. The molecule has 0 bridgehead atoms. The number of carbonyl (C=O) groups excluding carboxylic acids is 1. The minimum absolute atomic E-state index is 0.0579. The number of hydrogen-bond donors (Lipinski definition) is 0. The molecule has 0 radical (unpaired) electrons. The quantitative estimate of drug-likeness (QED) is 0.527. The topological polar surface area (TPSA) is 43.6 Å². The van der Waals surface area contributed by atoms with Gasteiger partial charge in [-0.3, -0.25) is 4.79 Å². The van der Waals surface area contributed by atoms with Crippen LogP contribution in [0.25, 0.3) is 0 Å². The smallest absolute Gasteiger partial charge is 0.191 e. The lowest BCUT2D eigenvalue weighted by molar-refractivity contribution is 0.102. The highest BCUT2D eigenvalue weighted by atomic mass is 35.5. The van der Waals surface area contributed by atoms with Crippen molar-refractivity contribution >= 4 is 45.9 Å². The Kier molecular flexibility index (Phi) is 5.95. The molecule has 1 aromatic carbocycles. The van der Waals surface area contributed by atoms with Gasteiger partial charge < -0.3 is 9.30 Å². The minimum atomic E-state index is 0.0579. The first-order valence-corrected chi connectivity index (χ1v) is 10.1. The van der Waals surface area contributed by atoms with E-state index in [9.17, 15) is 4.79 Å². The van der Waals surface area contributed by atoms with E-state index in [1.54, 1.807) is 32.2 Å². The number of aromatic nitrogens is 1. The van der Waals surface area contributed by atoms with Crippen LogP contribution in [0.3, 0.4) is 0 Å². The van der Waals surface area contributed by atoms with Crippen LogP contribution >= 0.6 is 35.2 Å². The van der Waals surface area contributed by atoms with Crippen LogP contribution in [-0.2, 0) is 6.54 Å². The maximum atomic E-state index is 12.0. The molecule has 0 saturated heterocycles. The molecule has 138 valence electrons. The van der Waals surface area contributed by atoms with Crippen LogP contribution in [-0.4, -0.2) is 22.4 Å². The van der Waals surface area contributed by atoms with Crippen molar-refractivity contribution in [3.05, 3.63) is 44.2 Å². The number of thiocarbonyl (C=S) groups is 1. The van der Waals surface area contributed by atoms with Crippen molar-refractivity contribution in [3.63, 3.8) is 0 Å². The first kappa shape index (κ1) is 19.3. The lowest BCUT2D eigenvalue weighted by atomic mass is 9.85. The van der Waals surface area contributed by atoms with Crippen LogP contribution < -0.4 is 9.54 Å². The third kappa shape index (κ3) is 3.92. The zero-order valence-corrected chi connectivity index (χ0v) is 17.4. The normalized spacial score (nSPS) is 15.0. The zero-order valence-electron chi connectivity index (χ0n) is 15.0. The number of rotatable bonds is 5. The van der Waals surface area contributed by atoms with Gasteiger partial charge in [0.15, 0.2) is 10.6 Å². The summed E-state index contributed by atoms with van der Waals surface area (Å²) in [6, 6.07) is 5.30. The molecule has 1 aliphatic carbocycles. The van der Waals surface area contributed by atoms with E-state index in [0.29, 0.717) is 27.2 Å². The van der Waals surface area contributed by atoms with Crippen molar-refractivity contribution in [2.75, 3.05) is 7.11 Å². The number of carbonyl (C=O) groups is 1. The summed E-state index contributed by atoms with van der Waals surface area (Å²) >= 11 is 13.1. The molecular weight excluding hydrogens is 388 g/mol. The maximum absolute atomic E-state index is 12.0. The SMILES string of the molecule is COc1ccc(Cl)cc1C(=S)/N=c1\sc(C(C)=O)c(C)n1CC1CCC1. The van der Waals surface area contributed by atoms with E-state index in [1.807, 2.05) is 6.92 Å². The summed E-state index contributed by atoms with van der Waals surface area (Å²) in [6.07, 6.45) is 3.73. The summed E-state index contributed by atoms with van der Waals surface area (Å²) in [5.74, 6) is 1.34. The standard InChI is InChI=1S/C19H21ClN2O2S2/c1-11-17(12(2)23)26-19(22(11)10-13-5-4-6-13)21-18(25)15-9-14(20)7-8-16(15)24-3/h7-9,13H,4-6,10H2,1-3H3/b21-19-. The second kappa shape index (κ2) is 8.03. The van der Waals surface area contributed by atoms with Crippen LogP contribution in [0.4, 0.5) is 0 Å². The number of Topliss-reactive ketones (excluding diaryl/α,β-unsaturated/α-hetero) is 1. The molecule has 1 heterocycles. The van der Waals surface area contributed by atoms with Crippen molar-refractivity contribution in [3.8, 4) is 5.75 Å². The van der Waals surface area contributed by atoms with Gasteiger partial charge in [0.1, 0.15) is 10.7 Å². The average Bonchev–Trinajstić information content (AvgIpc) is 2.87. The summed E-state index contributed by atoms with van der Waals surface area (Å²) in [4.78, 5) is 18.6. The second-order valence-corrected chi connectivity index (χ2v) is 8.33. The van der Waals surface area contributed by atoms with Crippen molar-refractivity contribution in [1.82, 2.24) is 4.57 Å². The predicted molar refractivity (Wildman–Crippen MR) is 110 cm³/mol. The lowest BCUT2D eigenvalue weighted by Crippen LogP contribution is -2.26. The number of nitrogens with zero attached hydrogens (tertiary/aromatic N) is 2. The van der Waals surface area contributed by atoms with Gasteiger partial charge in [-0.2, -0.15) is 0 Å². The van der Waals surface area contributed by atoms with Crippen LogP contribution in [0.15, 0.2) is 23.2 Å². The number of hydrogen-bond acceptors (Lipinski definition) is 4. The summed E-state index contributed by atoms with van der Waals surface area (Å²) in [5.41, 5.74) is 1.65. The number of thiazole rings is 1. The van der Waals surface area contributed by atoms with E-state index in [1.165, 1.54) is 30.6 Å². The maximum Gasteiger partial charge on any atom is 0.191 e. The molecule has 1 aromatic heterocycles. The van der Waals surface area contributed by atoms with E-state index >= 15 is 0 Å². The van der Waals surface area contributed by atoms with Crippen molar-refractivity contribution in [2.45, 2.75) is 39.7 Å². The van der Waals surface area contributed by atoms with Crippen molar-refractivity contribution < 1.29 is 9.53 Å². The number of halogens is 1. The molecule has 0 N–H and O–H groups in total. The Hall–Kier alpha value is -1.50. The van der Waals surface area contributed by atoms with Gasteiger partial charge in [0, 0.05) is 24.2 Å². The van der Waals surface area contributed by atoms with Gasteiger partial charge in [-0.05, 0) is 43.9 Å². The monoisotopic (exact) mass is 408 g/mol. The van der Waals surface area contributed by atoms with Crippen LogP contribution in [0, 0.1) is 12.8 Å². The number of ketones is 1. The summed E-state index contributed by atoms with van der Waals surface area (Å²) < 4.78 is 7.52. The van der Waals surface area contributed by atoms with E-state index in [-0.39, 0.29) is 5.78 Å². The number of ether oxygens (including phenoxy) is 1. The Balaban J connectivity index is 2.06. The molecule has 0 spiro atoms. The molecule has 2 aromatic rings. The molecule has 26 heavy (non-hydrogen) atoms. The molecule has 0 atom stereocenters. The average molecular weight is 409 g/mol. The molecule has 1 saturated carbocycles. The van der Waals surface area contributed by atoms with Gasteiger partial charge >= 0.3 is 0 Å². The molecule has 4 nitrogen and oxygen atoms in total. The van der Waals surface area contributed by atoms with Gasteiger partial charge in [0.2, 0.25) is 0 Å². The van der Waals surface area contributed by atoms with E-state index in [0.717, 1.165) is 21.9 Å². The highest BCUT2D eigenvalue weighted by Gasteiger charge is 2.22. The Morgan fingerprint density at radius 1 is 1.46 bits per heavy atom. The van der Waals surface area contributed by atoms with Gasteiger partial charge in [0.05, 0.1) is 17.6 Å². The Morgan fingerprint density at radius 3 is 2.77 bits per heavy atom. The van der Waals surface area contributed by atoms with Gasteiger partial charge in [-0.25, -0.2) is 4.99 Å². The minimum Gasteiger partial charge on any atom is -0.496 e. The Labute approximate surface area is 167 Å². The fourth-order valence-electron chi connectivity index (χ4n) is 3.04. The van der Waals surface area contributed by atoms with Crippen molar-refractivity contribution in [2.24, 2.45) is 10.9 Å². The molecule has 0 aliphatic heterocycles. The lowest BCUT2D eigenvalue weighted by Gasteiger charge is -2.26. The first-order valence-electron chi connectivity index (χ1n) is 8.54. The highest BCUT2D eigenvalue weighted by molar-refractivity contribution is 7.80. The second-order valence-electron chi connectivity index (χ2n) is 6.52. The predicted octanol–water partition coefficient (Wildman–Crippen LogP) is 4.80. The summed E-state index contributed by atoms with van der Waals surface area (Å²) in [7, 11) is 1.59. The van der Waals surface area contributed by atoms with Crippen LogP contribution in [0.2, 0.25) is 5.02 Å². The Bertz CT molecular complexity index is 926. The molecule has 0 unspecified atom stereocenters. The molecule has 7 heteroatoms. The number of methoxy groups -OCH3 is 1. The third-order valence-corrected chi connectivity index (χ3v) is 6.56.